The van der Waals surface area contributed by atoms with Crippen molar-refractivity contribution in [1.82, 2.24) is 4.57 Å². The van der Waals surface area contributed by atoms with Crippen molar-refractivity contribution in [2.75, 3.05) is 13.2 Å². The smallest absolute Gasteiger partial charge is 0.323 e. The Labute approximate surface area is 242 Å². The third-order valence-corrected chi connectivity index (χ3v) is 6.65. The summed E-state index contributed by atoms with van der Waals surface area (Å²) in [6.45, 7) is 0.778. The molecule has 8 nitrogen and oxygen atoms in total. The molecule has 41 heavy (non-hydrogen) atoms. The Hall–Kier alpha value is -4.56. The van der Waals surface area contributed by atoms with E-state index >= 15 is 0 Å². The lowest BCUT2D eigenvalue weighted by Crippen LogP contribution is -2.08. The Morgan fingerprint density at radius 3 is 2.24 bits per heavy atom. The first-order valence-corrected chi connectivity index (χ1v) is 13.6. The molecular weight excluding hydrogens is 546 g/mol. The van der Waals surface area contributed by atoms with Crippen molar-refractivity contribution in [3.05, 3.63) is 94.6 Å². The second-order valence-corrected chi connectivity index (χ2v) is 9.77. The van der Waals surface area contributed by atoms with E-state index in [0.29, 0.717) is 40.5 Å². The van der Waals surface area contributed by atoms with Crippen LogP contribution in [0.15, 0.2) is 72.9 Å². The third kappa shape index (κ3) is 8.22. The summed E-state index contributed by atoms with van der Waals surface area (Å²) < 4.78 is 13.0. The number of Topliss-reactive ketones (excluding diaryl/α,β-unsaturated/α-hetero) is 1. The average Bonchev–Trinajstić information content (AvgIpc) is 3.32. The van der Waals surface area contributed by atoms with Crippen molar-refractivity contribution in [2.24, 2.45) is 0 Å². The number of aromatic nitrogens is 1. The van der Waals surface area contributed by atoms with E-state index in [1.807, 2.05) is 60.7 Å². The van der Waals surface area contributed by atoms with Gasteiger partial charge in [-0.25, -0.2) is 0 Å². The minimum atomic E-state index is -1.06. The van der Waals surface area contributed by atoms with E-state index in [-0.39, 0.29) is 25.2 Å². The molecule has 0 saturated heterocycles. The normalized spacial score (nSPS) is 11.1. The van der Waals surface area contributed by atoms with E-state index in [1.165, 1.54) is 10.8 Å². The molecule has 0 saturated carbocycles. The van der Waals surface area contributed by atoms with Gasteiger partial charge in [0.05, 0.1) is 30.2 Å². The molecule has 0 spiro atoms. The van der Waals surface area contributed by atoms with Crippen LogP contribution in [0, 0.1) is 0 Å². The maximum absolute atomic E-state index is 12.7. The molecule has 1 heterocycles. The standard InChI is InChI=1S/C32H30ClNO7/c33-27-8-1-2-9-29(27)41-19-4-3-18-40-24-14-11-22(12-15-24)10-13-23-6-5-7-25-26(28(35)16-17-30(36)37)20-34(32(23)25)21-31(38)39/h1-2,5-15,20H,3-4,16-19,21H2,(H,36,37)(H,38,39)/b13-10+. The number of ether oxygens (including phenoxy) is 2. The number of unbranched alkanes of at least 4 members (excludes halogenated alkanes) is 1. The number of halogens is 1. The summed E-state index contributed by atoms with van der Waals surface area (Å²) in [5.41, 5.74) is 2.56. The van der Waals surface area contributed by atoms with E-state index in [1.54, 1.807) is 18.2 Å². The zero-order chi connectivity index (χ0) is 29.2. The van der Waals surface area contributed by atoms with Gasteiger partial charge in [0.2, 0.25) is 0 Å². The van der Waals surface area contributed by atoms with Crippen LogP contribution >= 0.6 is 11.6 Å². The first-order valence-electron chi connectivity index (χ1n) is 13.2. The number of carbonyl (C=O) groups excluding carboxylic acids is 1. The van der Waals surface area contributed by atoms with Gasteiger partial charge >= 0.3 is 11.9 Å². The van der Waals surface area contributed by atoms with Gasteiger partial charge in [-0.15, -0.1) is 0 Å². The summed E-state index contributed by atoms with van der Waals surface area (Å²) in [5.74, 6) is -1.03. The Morgan fingerprint density at radius 2 is 1.54 bits per heavy atom. The first kappa shape index (κ1) is 29.4. The largest absolute Gasteiger partial charge is 0.494 e. The van der Waals surface area contributed by atoms with Crippen LogP contribution in [0.1, 0.15) is 47.2 Å². The van der Waals surface area contributed by atoms with E-state index in [0.717, 1.165) is 29.7 Å². The predicted molar refractivity (Wildman–Crippen MR) is 158 cm³/mol. The minimum absolute atomic E-state index is 0.160. The lowest BCUT2D eigenvalue weighted by atomic mass is 10.0. The zero-order valence-corrected chi connectivity index (χ0v) is 23.0. The lowest BCUT2D eigenvalue weighted by Gasteiger charge is -2.09. The molecule has 2 N–H and O–H groups in total. The molecule has 0 bridgehead atoms. The van der Waals surface area contributed by atoms with Crippen molar-refractivity contribution in [3.8, 4) is 11.5 Å². The Kier molecular flexibility index (Phi) is 10.2. The Bertz CT molecular complexity index is 1560. The van der Waals surface area contributed by atoms with Crippen LogP contribution in [0.5, 0.6) is 11.5 Å². The van der Waals surface area contributed by atoms with Crippen molar-refractivity contribution in [3.63, 3.8) is 0 Å². The lowest BCUT2D eigenvalue weighted by molar-refractivity contribution is -0.138. The minimum Gasteiger partial charge on any atom is -0.494 e. The molecule has 4 rings (SSSR count). The summed E-state index contributed by atoms with van der Waals surface area (Å²) in [6.07, 6.45) is 6.46. The number of carboxylic acid groups (broad SMARTS) is 2. The molecule has 1 aromatic heterocycles. The van der Waals surface area contributed by atoms with Gasteiger partial charge in [-0.2, -0.15) is 0 Å². The highest BCUT2D eigenvalue weighted by Crippen LogP contribution is 2.28. The molecule has 0 amide bonds. The number of carboxylic acids is 2. The highest BCUT2D eigenvalue weighted by Gasteiger charge is 2.18. The summed E-state index contributed by atoms with van der Waals surface area (Å²) in [7, 11) is 0. The van der Waals surface area contributed by atoms with Gasteiger partial charge in [0.25, 0.3) is 0 Å². The fraction of sp³-hybridized carbons (Fsp3) is 0.219. The van der Waals surface area contributed by atoms with Crippen LogP contribution in [-0.4, -0.2) is 45.7 Å². The summed E-state index contributed by atoms with van der Waals surface area (Å²) >= 11 is 6.09. The first-order chi connectivity index (χ1) is 19.8. The summed E-state index contributed by atoms with van der Waals surface area (Å²) in [4.78, 5) is 35.1. The van der Waals surface area contributed by atoms with E-state index in [4.69, 9.17) is 26.2 Å². The maximum Gasteiger partial charge on any atom is 0.323 e. The topological polar surface area (TPSA) is 115 Å². The van der Waals surface area contributed by atoms with E-state index < -0.39 is 11.9 Å². The van der Waals surface area contributed by atoms with Crippen LogP contribution in [0.2, 0.25) is 5.02 Å². The van der Waals surface area contributed by atoms with Gasteiger partial charge in [-0.3, -0.25) is 14.4 Å². The number of benzene rings is 3. The van der Waals surface area contributed by atoms with Gasteiger partial charge in [-0.1, -0.05) is 66.2 Å². The number of fused-ring (bicyclic) bond motifs is 1. The van der Waals surface area contributed by atoms with Gasteiger partial charge in [0, 0.05) is 23.6 Å². The quantitative estimate of drug-likeness (QED) is 0.0906. The van der Waals surface area contributed by atoms with E-state index in [2.05, 4.69) is 0 Å². The number of ketones is 1. The molecule has 212 valence electrons. The highest BCUT2D eigenvalue weighted by molar-refractivity contribution is 6.32. The zero-order valence-electron chi connectivity index (χ0n) is 22.3. The molecule has 0 aliphatic heterocycles. The number of rotatable bonds is 15. The fourth-order valence-electron chi connectivity index (χ4n) is 4.37. The molecule has 9 heteroatoms. The number of aliphatic carboxylic acids is 2. The van der Waals surface area contributed by atoms with Crippen LogP contribution < -0.4 is 9.47 Å². The molecule has 0 unspecified atom stereocenters. The van der Waals surface area contributed by atoms with Crippen LogP contribution in [0.3, 0.4) is 0 Å². The second kappa shape index (κ2) is 14.2. The fourth-order valence-corrected chi connectivity index (χ4v) is 4.56. The average molecular weight is 576 g/mol. The number of nitrogens with zero attached hydrogens (tertiary/aromatic N) is 1. The second-order valence-electron chi connectivity index (χ2n) is 9.36. The number of para-hydroxylation sites is 2. The maximum atomic E-state index is 12.7. The highest BCUT2D eigenvalue weighted by atomic mass is 35.5. The van der Waals surface area contributed by atoms with Gasteiger partial charge < -0.3 is 24.3 Å². The Morgan fingerprint density at radius 1 is 0.805 bits per heavy atom. The molecular formula is C32H30ClNO7. The number of hydrogen-bond donors (Lipinski definition) is 2. The van der Waals surface area contributed by atoms with Gasteiger partial charge in [-0.05, 0) is 48.2 Å². The molecule has 0 fully saturated rings. The summed E-state index contributed by atoms with van der Waals surface area (Å²) in [5, 5.41) is 19.5. The third-order valence-electron chi connectivity index (χ3n) is 6.34. The molecule has 0 aliphatic carbocycles. The SMILES string of the molecule is O=C(O)CCC(=O)c1cn(CC(=O)O)c2c(/C=C/c3ccc(OCCCCOc4ccccc4Cl)cc3)cccc12. The van der Waals surface area contributed by atoms with Crippen molar-refractivity contribution >= 4 is 52.4 Å². The molecule has 4 aromatic rings. The van der Waals surface area contributed by atoms with Crippen LogP contribution in [-0.2, 0) is 16.1 Å². The Balaban J connectivity index is 1.38. The molecule has 0 radical (unpaired) electrons. The number of carbonyl (C=O) groups is 3. The van der Waals surface area contributed by atoms with Crippen molar-refractivity contribution in [2.45, 2.75) is 32.2 Å². The summed E-state index contributed by atoms with van der Waals surface area (Å²) in [6, 6.07) is 20.4. The van der Waals surface area contributed by atoms with Crippen LogP contribution in [0.25, 0.3) is 23.1 Å². The van der Waals surface area contributed by atoms with Crippen LogP contribution in [0.4, 0.5) is 0 Å². The molecule has 3 aromatic carbocycles. The molecule has 0 aliphatic rings. The van der Waals surface area contributed by atoms with Crippen molar-refractivity contribution < 1.29 is 34.1 Å². The van der Waals surface area contributed by atoms with E-state index in [9.17, 15) is 19.5 Å². The number of hydrogen-bond acceptors (Lipinski definition) is 5. The predicted octanol–water partition coefficient (Wildman–Crippen LogP) is 6.84. The van der Waals surface area contributed by atoms with Gasteiger partial charge in [0.15, 0.2) is 5.78 Å². The van der Waals surface area contributed by atoms with Gasteiger partial charge in [0.1, 0.15) is 18.0 Å². The van der Waals surface area contributed by atoms with Crippen molar-refractivity contribution in [1.29, 1.82) is 0 Å². The monoisotopic (exact) mass is 575 g/mol. The molecule has 0 atom stereocenters.